The Morgan fingerprint density at radius 1 is 1.19 bits per heavy atom. The highest BCUT2D eigenvalue weighted by Crippen LogP contribution is 2.31. The maximum atomic E-state index is 12.9. The van der Waals surface area contributed by atoms with Gasteiger partial charge < -0.3 is 10.1 Å². The summed E-state index contributed by atoms with van der Waals surface area (Å²) in [6.07, 6.45) is 1.34. The average molecular weight is 474 g/mol. The van der Waals surface area contributed by atoms with Gasteiger partial charge in [-0.25, -0.2) is 4.98 Å². The lowest BCUT2D eigenvalue weighted by molar-refractivity contribution is -0.116. The van der Waals surface area contributed by atoms with Crippen molar-refractivity contribution in [2.45, 2.75) is 17.2 Å². The Hall–Kier alpha value is -3.24. The van der Waals surface area contributed by atoms with E-state index in [-0.39, 0.29) is 12.1 Å². The molecule has 2 aromatic carbocycles. The summed E-state index contributed by atoms with van der Waals surface area (Å²) >= 11 is 1.74. The molecule has 0 aliphatic carbocycles. The third-order valence-electron chi connectivity index (χ3n) is 4.56. The number of nitrogens with zero attached hydrogens (tertiary/aromatic N) is 2. The van der Waals surface area contributed by atoms with Gasteiger partial charge in [0.25, 0.3) is 11.3 Å². The van der Waals surface area contributed by atoms with E-state index in [0.717, 1.165) is 16.2 Å². The predicted octanol–water partition coefficient (Wildman–Crippen LogP) is 5.09. The van der Waals surface area contributed by atoms with Gasteiger partial charge in [0.15, 0.2) is 0 Å². The van der Waals surface area contributed by atoms with Crippen LogP contribution in [0.15, 0.2) is 70.6 Å². The number of halogens is 2. The van der Waals surface area contributed by atoms with Gasteiger partial charge in [0.05, 0.1) is 19.0 Å². The van der Waals surface area contributed by atoms with Crippen molar-refractivity contribution in [2.75, 3.05) is 12.4 Å². The molecule has 10 heteroatoms. The van der Waals surface area contributed by atoms with E-state index in [1.54, 1.807) is 7.11 Å². The summed E-state index contributed by atoms with van der Waals surface area (Å²) in [4.78, 5) is 30.9. The molecule has 0 radical (unpaired) electrons. The number of rotatable bonds is 7. The normalized spacial score (nSPS) is 11.1. The Morgan fingerprint density at radius 2 is 1.91 bits per heavy atom. The number of anilines is 1. The van der Waals surface area contributed by atoms with E-state index >= 15 is 0 Å². The second-order valence-corrected chi connectivity index (χ2v) is 8.80. The zero-order valence-electron chi connectivity index (χ0n) is 16.7. The molecule has 0 fully saturated rings. The molecule has 0 aliphatic heterocycles. The number of hydrogen-bond acceptors (Lipinski definition) is 6. The van der Waals surface area contributed by atoms with Crippen molar-refractivity contribution in [1.82, 2.24) is 9.55 Å². The van der Waals surface area contributed by atoms with Gasteiger partial charge in [0, 0.05) is 15.5 Å². The minimum atomic E-state index is -2.51. The first-order chi connectivity index (χ1) is 15.4. The van der Waals surface area contributed by atoms with Crippen LogP contribution in [0.25, 0.3) is 20.7 Å². The monoisotopic (exact) mass is 473 g/mol. The molecule has 32 heavy (non-hydrogen) atoms. The van der Waals surface area contributed by atoms with Gasteiger partial charge in [0.1, 0.15) is 17.0 Å². The van der Waals surface area contributed by atoms with Crippen LogP contribution in [0.3, 0.4) is 0 Å². The highest BCUT2D eigenvalue weighted by atomic mass is 32.2. The zero-order valence-corrected chi connectivity index (χ0v) is 18.4. The van der Waals surface area contributed by atoms with Crippen molar-refractivity contribution in [2.24, 2.45) is 0 Å². The molecule has 4 rings (SSSR count). The number of ether oxygens (including phenoxy) is 1. The first kappa shape index (κ1) is 22.0. The van der Waals surface area contributed by atoms with Crippen molar-refractivity contribution in [3.63, 3.8) is 0 Å². The molecule has 4 aromatic rings. The number of carbonyl (C=O) groups excluding carboxylic acids is 1. The number of nitrogens with one attached hydrogen (secondary N) is 1. The lowest BCUT2D eigenvalue weighted by Gasteiger charge is -2.08. The standard InChI is InChI=1S/C22H17F2N3O3S2/c1-30-15-6-2-13(3-7-15)18-10-17-20(32-18)21(29)27(12-25-17)11-19(28)26-14-4-8-16(9-5-14)31-22(23)24/h2-10,12,22H,11H2,1H3,(H,26,28). The van der Waals surface area contributed by atoms with Crippen molar-refractivity contribution in [3.8, 4) is 16.2 Å². The summed E-state index contributed by atoms with van der Waals surface area (Å²) in [5, 5.41) is 2.66. The van der Waals surface area contributed by atoms with Crippen molar-refractivity contribution < 1.29 is 18.3 Å². The number of thioether (sulfide) groups is 1. The van der Waals surface area contributed by atoms with Gasteiger partial charge in [-0.2, -0.15) is 8.78 Å². The Morgan fingerprint density at radius 3 is 2.56 bits per heavy atom. The summed E-state index contributed by atoms with van der Waals surface area (Å²) in [5.74, 6) is -2.19. The Balaban J connectivity index is 1.49. The fourth-order valence-electron chi connectivity index (χ4n) is 3.03. The number of fused-ring (bicyclic) bond motifs is 1. The minimum absolute atomic E-state index is 0.217. The van der Waals surface area contributed by atoms with Crippen LogP contribution >= 0.6 is 23.1 Å². The number of alkyl halides is 2. The molecule has 164 valence electrons. The molecular formula is C22H17F2N3O3S2. The van der Waals surface area contributed by atoms with Crippen molar-refractivity contribution in [3.05, 3.63) is 71.3 Å². The first-order valence-corrected chi connectivity index (χ1v) is 11.1. The number of carbonyl (C=O) groups is 1. The van der Waals surface area contributed by atoms with Gasteiger partial charge in [-0.3, -0.25) is 14.2 Å². The second-order valence-electron chi connectivity index (χ2n) is 6.68. The molecule has 0 saturated heterocycles. The molecule has 2 aromatic heterocycles. The lowest BCUT2D eigenvalue weighted by atomic mass is 10.2. The number of thiophene rings is 1. The highest BCUT2D eigenvalue weighted by Gasteiger charge is 2.13. The summed E-state index contributed by atoms with van der Waals surface area (Å²) in [7, 11) is 1.60. The van der Waals surface area contributed by atoms with Gasteiger partial charge >= 0.3 is 0 Å². The lowest BCUT2D eigenvalue weighted by Crippen LogP contribution is -2.27. The molecule has 0 spiro atoms. The van der Waals surface area contributed by atoms with Gasteiger partial charge in [-0.1, -0.05) is 11.8 Å². The van der Waals surface area contributed by atoms with E-state index in [4.69, 9.17) is 4.74 Å². The Kier molecular flexibility index (Phi) is 6.52. The molecule has 1 amide bonds. The summed E-state index contributed by atoms with van der Waals surface area (Å²) < 4.78 is 31.7. The molecule has 0 unspecified atom stereocenters. The number of amides is 1. The van der Waals surface area contributed by atoms with Crippen LogP contribution in [0.2, 0.25) is 0 Å². The second kappa shape index (κ2) is 9.49. The fourth-order valence-corrected chi connectivity index (χ4v) is 4.59. The van der Waals surface area contributed by atoms with Crippen LogP contribution < -0.4 is 15.6 Å². The van der Waals surface area contributed by atoms with Crippen molar-refractivity contribution >= 4 is 44.9 Å². The largest absolute Gasteiger partial charge is 0.497 e. The van der Waals surface area contributed by atoms with E-state index in [9.17, 15) is 18.4 Å². The maximum absolute atomic E-state index is 12.9. The van der Waals surface area contributed by atoms with Crippen LogP contribution in [0, 0.1) is 0 Å². The fraction of sp³-hybridized carbons (Fsp3) is 0.136. The molecule has 0 saturated carbocycles. The Bertz CT molecular complexity index is 1300. The Labute approximate surface area is 189 Å². The predicted molar refractivity (Wildman–Crippen MR) is 123 cm³/mol. The van der Waals surface area contributed by atoms with E-state index in [1.807, 2.05) is 30.3 Å². The SMILES string of the molecule is COc1ccc(-c2cc3ncn(CC(=O)Nc4ccc(SC(F)F)cc4)c(=O)c3s2)cc1. The smallest absolute Gasteiger partial charge is 0.288 e. The summed E-state index contributed by atoms with van der Waals surface area (Å²) in [5.41, 5.74) is 1.65. The molecular weight excluding hydrogens is 456 g/mol. The first-order valence-electron chi connectivity index (χ1n) is 9.41. The molecule has 0 atom stereocenters. The number of hydrogen-bond donors (Lipinski definition) is 1. The molecule has 0 aliphatic rings. The van der Waals surface area contributed by atoms with Crippen LogP contribution in [0.5, 0.6) is 5.75 Å². The molecule has 0 bridgehead atoms. The van der Waals surface area contributed by atoms with E-state index < -0.39 is 11.7 Å². The van der Waals surface area contributed by atoms with E-state index in [0.29, 0.717) is 32.6 Å². The third-order valence-corrected chi connectivity index (χ3v) is 6.44. The number of methoxy groups -OCH3 is 1. The van der Waals surface area contributed by atoms with Crippen molar-refractivity contribution in [1.29, 1.82) is 0 Å². The number of aromatic nitrogens is 2. The van der Waals surface area contributed by atoms with Gasteiger partial charge in [-0.05, 0) is 60.2 Å². The van der Waals surface area contributed by atoms with Crippen LogP contribution in [0.1, 0.15) is 0 Å². The van der Waals surface area contributed by atoms with Gasteiger partial charge in [0.2, 0.25) is 5.91 Å². The van der Waals surface area contributed by atoms with E-state index in [1.165, 1.54) is 46.5 Å². The highest BCUT2D eigenvalue weighted by molar-refractivity contribution is 7.99. The summed E-state index contributed by atoms with van der Waals surface area (Å²) in [6.45, 7) is -0.217. The minimum Gasteiger partial charge on any atom is -0.497 e. The average Bonchev–Trinajstić information content (AvgIpc) is 3.22. The number of benzene rings is 2. The molecule has 1 N–H and O–H groups in total. The molecule has 2 heterocycles. The van der Waals surface area contributed by atoms with Gasteiger partial charge in [-0.15, -0.1) is 11.3 Å². The van der Waals surface area contributed by atoms with Crippen LogP contribution in [-0.4, -0.2) is 28.3 Å². The zero-order chi connectivity index (χ0) is 22.7. The third kappa shape index (κ3) is 4.97. The maximum Gasteiger partial charge on any atom is 0.288 e. The van der Waals surface area contributed by atoms with E-state index in [2.05, 4.69) is 10.3 Å². The van der Waals surface area contributed by atoms with Crippen LogP contribution in [-0.2, 0) is 11.3 Å². The van der Waals surface area contributed by atoms with Crippen LogP contribution in [0.4, 0.5) is 14.5 Å². The summed E-state index contributed by atoms with van der Waals surface area (Å²) in [6, 6.07) is 15.4. The topological polar surface area (TPSA) is 73.2 Å². The molecule has 6 nitrogen and oxygen atoms in total. The quantitative estimate of drug-likeness (QED) is 0.379.